The van der Waals surface area contributed by atoms with Crippen LogP contribution >= 0.6 is 0 Å². The lowest BCUT2D eigenvalue weighted by molar-refractivity contribution is -0.141. The molecule has 4 heterocycles. The van der Waals surface area contributed by atoms with E-state index in [1.807, 2.05) is 24.3 Å². The molecule has 1 N–H and O–H groups in total. The largest absolute Gasteiger partial charge is 0.333 e. The highest BCUT2D eigenvalue weighted by Crippen LogP contribution is 2.36. The molecule has 2 aliphatic rings. The molecule has 1 fully saturated rings. The highest BCUT2D eigenvalue weighted by Gasteiger charge is 2.39. The number of anilines is 2. The minimum Gasteiger partial charge on any atom is -0.333 e. The second kappa shape index (κ2) is 9.18. The number of fused-ring (bicyclic) bond motifs is 1. The molecule has 0 saturated carbocycles. The Balaban J connectivity index is 1.38. The SMILES string of the molecule is Cc1cccc([C@@H]2CN(C)CC[C@H]2C(=O)N2Cc3nc(Nc4cnn(C)c4)ncc3C[C@H]2C)c1. The first-order chi connectivity index (χ1) is 16.4. The lowest BCUT2D eigenvalue weighted by atomic mass is 9.79. The number of rotatable bonds is 4. The van der Waals surface area contributed by atoms with Crippen molar-refractivity contribution in [3.8, 4) is 0 Å². The minimum absolute atomic E-state index is 0.0168. The summed E-state index contributed by atoms with van der Waals surface area (Å²) >= 11 is 0. The van der Waals surface area contributed by atoms with Gasteiger partial charge in [-0.05, 0) is 51.4 Å². The third-order valence-corrected chi connectivity index (χ3v) is 7.17. The molecule has 0 radical (unpaired) electrons. The van der Waals surface area contributed by atoms with E-state index in [-0.39, 0.29) is 23.8 Å². The predicted octanol–water partition coefficient (Wildman–Crippen LogP) is 3.27. The predicted molar refractivity (Wildman–Crippen MR) is 132 cm³/mol. The van der Waals surface area contributed by atoms with Gasteiger partial charge in [0.15, 0.2) is 0 Å². The molecule has 1 saturated heterocycles. The molecule has 8 nitrogen and oxygen atoms in total. The maximum atomic E-state index is 14.0. The van der Waals surface area contributed by atoms with Crippen molar-refractivity contribution in [3.63, 3.8) is 0 Å². The summed E-state index contributed by atoms with van der Waals surface area (Å²) in [5, 5.41) is 7.40. The standard InChI is InChI=1S/C26H33N7O/c1-17-6-5-7-19(10-17)23-15-31(3)9-8-22(23)25(34)33-16-24-20(11-18(33)2)12-27-26(30-24)29-21-13-28-32(4)14-21/h5-7,10,12-14,18,22-23H,8-9,11,15-16H2,1-4H3,(H,27,29,30)/t18-,22-,23+/m1/s1. The van der Waals surface area contributed by atoms with E-state index in [0.717, 1.165) is 42.9 Å². The van der Waals surface area contributed by atoms with Gasteiger partial charge in [-0.25, -0.2) is 9.97 Å². The van der Waals surface area contributed by atoms with Gasteiger partial charge in [0.25, 0.3) is 0 Å². The van der Waals surface area contributed by atoms with Crippen LogP contribution in [0, 0.1) is 12.8 Å². The number of nitrogens with one attached hydrogen (secondary N) is 1. The Bertz CT molecular complexity index is 1190. The van der Waals surface area contributed by atoms with E-state index in [0.29, 0.717) is 12.5 Å². The fourth-order valence-electron chi connectivity index (χ4n) is 5.33. The fraction of sp³-hybridized carbons (Fsp3) is 0.462. The number of carbonyl (C=O) groups excluding carboxylic acids is 1. The molecule has 1 aromatic carbocycles. The van der Waals surface area contributed by atoms with E-state index in [1.54, 1.807) is 10.9 Å². The lowest BCUT2D eigenvalue weighted by Gasteiger charge is -2.42. The van der Waals surface area contributed by atoms with Crippen molar-refractivity contribution in [2.75, 3.05) is 25.5 Å². The number of carbonyl (C=O) groups is 1. The smallest absolute Gasteiger partial charge is 0.227 e. The summed E-state index contributed by atoms with van der Waals surface area (Å²) in [5.41, 5.74) is 5.38. The van der Waals surface area contributed by atoms with Crippen LogP contribution in [0.2, 0.25) is 0 Å². The number of aryl methyl sites for hydroxylation is 2. The van der Waals surface area contributed by atoms with Crippen molar-refractivity contribution in [2.24, 2.45) is 13.0 Å². The molecular weight excluding hydrogens is 426 g/mol. The number of piperidine rings is 1. The zero-order valence-corrected chi connectivity index (χ0v) is 20.4. The van der Waals surface area contributed by atoms with Crippen LogP contribution in [0.1, 0.15) is 41.6 Å². The van der Waals surface area contributed by atoms with Gasteiger partial charge in [-0.2, -0.15) is 5.10 Å². The molecule has 2 aromatic heterocycles. The van der Waals surface area contributed by atoms with Gasteiger partial charge in [-0.3, -0.25) is 9.48 Å². The van der Waals surface area contributed by atoms with Crippen LogP contribution < -0.4 is 5.32 Å². The first-order valence-corrected chi connectivity index (χ1v) is 12.0. The average Bonchev–Trinajstić information content (AvgIpc) is 3.22. The molecular formula is C26H33N7O. The van der Waals surface area contributed by atoms with Gasteiger partial charge in [0.2, 0.25) is 11.9 Å². The Hall–Kier alpha value is -3.26. The van der Waals surface area contributed by atoms with E-state index in [1.165, 1.54) is 11.1 Å². The summed E-state index contributed by atoms with van der Waals surface area (Å²) in [5.74, 6) is 0.966. The third-order valence-electron chi connectivity index (χ3n) is 7.17. The van der Waals surface area contributed by atoms with Crippen LogP contribution in [0.5, 0.6) is 0 Å². The number of hydrogen-bond acceptors (Lipinski definition) is 6. The normalized spacial score (nSPS) is 22.9. The van der Waals surface area contributed by atoms with Gasteiger partial charge in [-0.1, -0.05) is 29.8 Å². The Morgan fingerprint density at radius 1 is 1.21 bits per heavy atom. The Kier molecular flexibility index (Phi) is 6.08. The third kappa shape index (κ3) is 4.55. The van der Waals surface area contributed by atoms with Gasteiger partial charge >= 0.3 is 0 Å². The second-order valence-corrected chi connectivity index (χ2v) is 9.89. The van der Waals surface area contributed by atoms with Crippen LogP contribution in [0.4, 0.5) is 11.6 Å². The molecule has 0 aliphatic carbocycles. The number of aromatic nitrogens is 4. The molecule has 5 rings (SSSR count). The maximum Gasteiger partial charge on any atom is 0.227 e. The van der Waals surface area contributed by atoms with Crippen LogP contribution in [0.25, 0.3) is 0 Å². The number of hydrogen-bond donors (Lipinski definition) is 1. The van der Waals surface area contributed by atoms with Crippen molar-refractivity contribution in [1.82, 2.24) is 29.5 Å². The highest BCUT2D eigenvalue weighted by molar-refractivity contribution is 5.81. The summed E-state index contributed by atoms with van der Waals surface area (Å²) in [4.78, 5) is 27.6. The van der Waals surface area contributed by atoms with Gasteiger partial charge in [0.1, 0.15) is 0 Å². The van der Waals surface area contributed by atoms with E-state index in [9.17, 15) is 4.79 Å². The zero-order chi connectivity index (χ0) is 23.8. The molecule has 0 spiro atoms. The van der Waals surface area contributed by atoms with Gasteiger partial charge in [-0.15, -0.1) is 0 Å². The van der Waals surface area contributed by atoms with Crippen LogP contribution in [0.15, 0.2) is 42.9 Å². The quantitative estimate of drug-likeness (QED) is 0.645. The summed E-state index contributed by atoms with van der Waals surface area (Å²) in [7, 11) is 4.02. The van der Waals surface area contributed by atoms with Crippen molar-refractivity contribution >= 4 is 17.5 Å². The zero-order valence-electron chi connectivity index (χ0n) is 20.4. The number of benzene rings is 1. The van der Waals surface area contributed by atoms with E-state index in [2.05, 4.69) is 65.5 Å². The van der Waals surface area contributed by atoms with Crippen LogP contribution in [-0.4, -0.2) is 61.6 Å². The summed E-state index contributed by atoms with van der Waals surface area (Å²) < 4.78 is 1.73. The Morgan fingerprint density at radius 3 is 2.82 bits per heavy atom. The summed E-state index contributed by atoms with van der Waals surface area (Å²) in [6, 6.07) is 8.76. The minimum atomic E-state index is -0.0168. The van der Waals surface area contributed by atoms with Gasteiger partial charge in [0, 0.05) is 43.9 Å². The number of nitrogens with zero attached hydrogens (tertiary/aromatic N) is 6. The highest BCUT2D eigenvalue weighted by atomic mass is 16.2. The topological polar surface area (TPSA) is 79.2 Å². The van der Waals surface area contributed by atoms with Crippen LogP contribution in [0.3, 0.4) is 0 Å². The van der Waals surface area contributed by atoms with E-state index < -0.39 is 0 Å². The maximum absolute atomic E-state index is 14.0. The molecule has 34 heavy (non-hydrogen) atoms. The number of amides is 1. The summed E-state index contributed by atoms with van der Waals surface area (Å²) in [6.07, 6.45) is 7.17. The number of likely N-dealkylation sites (N-methyl/N-ethyl adjacent to an activating group) is 1. The summed E-state index contributed by atoms with van der Waals surface area (Å²) in [6.45, 7) is 6.62. The van der Waals surface area contributed by atoms with Crippen LogP contribution in [-0.2, 0) is 24.8 Å². The molecule has 0 bridgehead atoms. The molecule has 0 unspecified atom stereocenters. The van der Waals surface area contributed by atoms with Crippen molar-refractivity contribution in [2.45, 2.75) is 45.2 Å². The van der Waals surface area contributed by atoms with E-state index >= 15 is 0 Å². The van der Waals surface area contributed by atoms with Crippen molar-refractivity contribution < 1.29 is 4.79 Å². The van der Waals surface area contributed by atoms with Crippen molar-refractivity contribution in [3.05, 3.63) is 65.2 Å². The second-order valence-electron chi connectivity index (χ2n) is 9.89. The first kappa shape index (κ1) is 22.5. The molecule has 178 valence electrons. The number of likely N-dealkylation sites (tertiary alicyclic amines) is 1. The van der Waals surface area contributed by atoms with Gasteiger partial charge < -0.3 is 15.1 Å². The van der Waals surface area contributed by atoms with Crippen molar-refractivity contribution in [1.29, 1.82) is 0 Å². The fourth-order valence-corrected chi connectivity index (χ4v) is 5.33. The Labute approximate surface area is 201 Å². The molecule has 2 aliphatic heterocycles. The first-order valence-electron chi connectivity index (χ1n) is 12.0. The molecule has 8 heteroatoms. The lowest BCUT2D eigenvalue weighted by Crippen LogP contribution is -2.50. The molecule has 3 atom stereocenters. The van der Waals surface area contributed by atoms with E-state index in [4.69, 9.17) is 4.98 Å². The monoisotopic (exact) mass is 459 g/mol. The molecule has 3 aromatic rings. The van der Waals surface area contributed by atoms with Gasteiger partial charge in [0.05, 0.1) is 24.1 Å². The average molecular weight is 460 g/mol. The molecule has 1 amide bonds. The Morgan fingerprint density at radius 2 is 2.06 bits per heavy atom.